The van der Waals surface area contributed by atoms with E-state index >= 15 is 0 Å². The number of sulfone groups is 1. The maximum atomic E-state index is 13.5. The van der Waals surface area contributed by atoms with Crippen LogP contribution in [0.4, 0.5) is 10.1 Å². The van der Waals surface area contributed by atoms with Crippen molar-refractivity contribution in [2.75, 3.05) is 50.5 Å². The minimum Gasteiger partial charge on any atom is -0.495 e. The van der Waals surface area contributed by atoms with Gasteiger partial charge in [0, 0.05) is 56.4 Å². The Balaban J connectivity index is 1.60. The average molecular weight is 484 g/mol. The van der Waals surface area contributed by atoms with Crippen LogP contribution in [0.3, 0.4) is 0 Å². The molecule has 1 aliphatic heterocycles. The lowest BCUT2D eigenvalue weighted by Gasteiger charge is -2.36. The Hall–Kier alpha value is -2.97. The van der Waals surface area contributed by atoms with E-state index in [1.54, 1.807) is 25.1 Å². The number of ether oxygens (including phenoxy) is 1. The summed E-state index contributed by atoms with van der Waals surface area (Å²) in [6.07, 6.45) is 4.61. The molecule has 34 heavy (non-hydrogen) atoms. The molecule has 0 spiro atoms. The molecule has 6 nitrogen and oxygen atoms in total. The van der Waals surface area contributed by atoms with Crippen LogP contribution in [0.15, 0.2) is 65.8 Å². The average Bonchev–Trinajstić information content (AvgIpc) is 2.88. The zero-order valence-electron chi connectivity index (χ0n) is 19.6. The smallest absolute Gasteiger partial charge is 0.181 e. The first-order valence-electron chi connectivity index (χ1n) is 11.5. The molecule has 8 heteroatoms. The van der Waals surface area contributed by atoms with Crippen molar-refractivity contribution in [3.63, 3.8) is 0 Å². The predicted octanol–water partition coefficient (Wildman–Crippen LogP) is 4.05. The molecule has 2 heterocycles. The van der Waals surface area contributed by atoms with Gasteiger partial charge >= 0.3 is 0 Å². The van der Waals surface area contributed by atoms with E-state index in [9.17, 15) is 12.8 Å². The van der Waals surface area contributed by atoms with E-state index < -0.39 is 9.84 Å². The van der Waals surface area contributed by atoms with E-state index in [0.717, 1.165) is 44.8 Å². The number of anilines is 1. The summed E-state index contributed by atoms with van der Waals surface area (Å²) in [5.41, 5.74) is 3.46. The van der Waals surface area contributed by atoms with Gasteiger partial charge in [0.2, 0.25) is 0 Å². The van der Waals surface area contributed by atoms with Crippen molar-refractivity contribution >= 4 is 15.5 Å². The highest BCUT2D eigenvalue weighted by Crippen LogP contribution is 2.40. The third kappa shape index (κ3) is 5.39. The second kappa shape index (κ2) is 10.5. The Kier molecular flexibility index (Phi) is 7.48. The van der Waals surface area contributed by atoms with Crippen molar-refractivity contribution in [2.45, 2.75) is 18.2 Å². The first kappa shape index (κ1) is 24.2. The minimum absolute atomic E-state index is 0.0293. The second-order valence-electron chi connectivity index (χ2n) is 8.37. The third-order valence-corrected chi connectivity index (χ3v) is 8.05. The van der Waals surface area contributed by atoms with Gasteiger partial charge in [-0.15, -0.1) is 0 Å². The molecule has 0 saturated carbocycles. The largest absolute Gasteiger partial charge is 0.495 e. The quantitative estimate of drug-likeness (QED) is 0.482. The van der Waals surface area contributed by atoms with Gasteiger partial charge in [-0.1, -0.05) is 19.1 Å². The summed E-state index contributed by atoms with van der Waals surface area (Å²) >= 11 is 0. The molecule has 1 fully saturated rings. The molecule has 0 bridgehead atoms. The van der Waals surface area contributed by atoms with Crippen molar-refractivity contribution in [1.82, 2.24) is 9.88 Å². The monoisotopic (exact) mass is 483 g/mol. The fraction of sp³-hybridized carbons (Fsp3) is 0.346. The van der Waals surface area contributed by atoms with Gasteiger partial charge in [0.05, 0.1) is 12.9 Å². The predicted molar refractivity (Wildman–Crippen MR) is 133 cm³/mol. The summed E-state index contributed by atoms with van der Waals surface area (Å²) < 4.78 is 45.0. The highest BCUT2D eigenvalue weighted by molar-refractivity contribution is 7.91. The van der Waals surface area contributed by atoms with Crippen molar-refractivity contribution in [1.29, 1.82) is 0 Å². The molecule has 1 saturated heterocycles. The third-order valence-electron chi connectivity index (χ3n) is 6.32. The van der Waals surface area contributed by atoms with Crippen molar-refractivity contribution in [3.05, 3.63) is 72.3 Å². The van der Waals surface area contributed by atoms with Gasteiger partial charge in [-0.2, -0.15) is 0 Å². The van der Waals surface area contributed by atoms with Crippen molar-refractivity contribution < 1.29 is 17.5 Å². The number of nitrogens with zero attached hydrogens (tertiary/aromatic N) is 3. The van der Waals surface area contributed by atoms with Crippen LogP contribution >= 0.6 is 0 Å². The fourth-order valence-corrected chi connectivity index (χ4v) is 5.36. The molecule has 180 valence electrons. The van der Waals surface area contributed by atoms with Gasteiger partial charge < -0.3 is 9.64 Å². The normalized spacial score (nSPS) is 14.9. The van der Waals surface area contributed by atoms with Gasteiger partial charge in [0.25, 0.3) is 0 Å². The number of rotatable bonds is 8. The highest BCUT2D eigenvalue weighted by atomic mass is 32.2. The van der Waals surface area contributed by atoms with E-state index in [1.165, 1.54) is 24.8 Å². The van der Waals surface area contributed by atoms with Crippen LogP contribution in [0.2, 0.25) is 0 Å². The van der Waals surface area contributed by atoms with Gasteiger partial charge in [-0.3, -0.25) is 9.88 Å². The summed E-state index contributed by atoms with van der Waals surface area (Å²) in [6, 6.07) is 13.8. The van der Waals surface area contributed by atoms with Crippen LogP contribution in [0, 0.1) is 5.82 Å². The molecule has 0 N–H and O–H groups in total. The molecular formula is C26H30FN3O3S. The highest BCUT2D eigenvalue weighted by Gasteiger charge is 2.25. The number of hydrogen-bond acceptors (Lipinski definition) is 6. The van der Waals surface area contributed by atoms with Crippen LogP contribution in [0.1, 0.15) is 12.5 Å². The summed E-state index contributed by atoms with van der Waals surface area (Å²) in [5, 5.41) is 0. The van der Waals surface area contributed by atoms with E-state index in [4.69, 9.17) is 4.74 Å². The van der Waals surface area contributed by atoms with Crippen LogP contribution in [0.5, 0.6) is 5.75 Å². The van der Waals surface area contributed by atoms with E-state index in [-0.39, 0.29) is 16.5 Å². The van der Waals surface area contributed by atoms with Gasteiger partial charge in [-0.25, -0.2) is 12.8 Å². The Labute approximate surface area is 200 Å². The van der Waals surface area contributed by atoms with Crippen LogP contribution in [0.25, 0.3) is 11.1 Å². The number of pyridine rings is 1. The molecule has 0 atom stereocenters. The summed E-state index contributed by atoms with van der Waals surface area (Å²) in [7, 11) is -2.06. The number of hydrogen-bond donors (Lipinski definition) is 0. The Morgan fingerprint density at radius 1 is 1.00 bits per heavy atom. The molecule has 1 aromatic heterocycles. The Bertz CT molecular complexity index is 1210. The molecule has 0 amide bonds. The fourth-order valence-electron chi connectivity index (χ4n) is 4.28. The molecule has 1 aliphatic rings. The molecule has 0 aliphatic carbocycles. The van der Waals surface area contributed by atoms with Crippen LogP contribution in [-0.4, -0.2) is 63.9 Å². The van der Waals surface area contributed by atoms with Crippen molar-refractivity contribution in [3.8, 4) is 16.9 Å². The summed E-state index contributed by atoms with van der Waals surface area (Å²) in [4.78, 5) is 8.88. The lowest BCUT2D eigenvalue weighted by molar-refractivity contribution is 0.261. The maximum absolute atomic E-state index is 13.5. The lowest BCUT2D eigenvalue weighted by Crippen LogP contribution is -2.47. The lowest BCUT2D eigenvalue weighted by atomic mass is 10.0. The molecule has 4 rings (SSSR count). The Morgan fingerprint density at radius 2 is 1.68 bits per heavy atom. The zero-order valence-corrected chi connectivity index (χ0v) is 20.4. The van der Waals surface area contributed by atoms with Crippen LogP contribution < -0.4 is 9.64 Å². The minimum atomic E-state index is -3.53. The molecule has 0 unspecified atom stereocenters. The molecule has 0 radical (unpaired) electrons. The molecule has 3 aromatic rings. The standard InChI is InChI=1S/C26H30FN3O3S/c1-3-34(31,32)25-19-23(18-24(26(25)33-2)21-4-6-22(27)7-5-21)30-16-14-29(15-17-30)13-10-20-8-11-28-12-9-20/h4-9,11-12,18-19H,3,10,13-17H2,1-2H3. The van der Waals surface area contributed by atoms with E-state index in [0.29, 0.717) is 16.9 Å². The number of piperazine rings is 1. The van der Waals surface area contributed by atoms with E-state index in [2.05, 4.69) is 14.8 Å². The van der Waals surface area contributed by atoms with E-state index in [1.807, 2.05) is 30.6 Å². The van der Waals surface area contributed by atoms with Crippen LogP contribution in [-0.2, 0) is 16.3 Å². The van der Waals surface area contributed by atoms with Gasteiger partial charge in [-0.05, 0) is 53.9 Å². The number of halogens is 1. The molecule has 2 aromatic carbocycles. The zero-order chi connectivity index (χ0) is 24.1. The Morgan fingerprint density at radius 3 is 2.29 bits per heavy atom. The number of benzene rings is 2. The van der Waals surface area contributed by atoms with Crippen molar-refractivity contribution in [2.24, 2.45) is 0 Å². The SMILES string of the molecule is CCS(=O)(=O)c1cc(N2CCN(CCc3ccncc3)CC2)cc(-c2ccc(F)cc2)c1OC. The topological polar surface area (TPSA) is 62.7 Å². The first-order chi connectivity index (χ1) is 16.4. The number of methoxy groups -OCH3 is 1. The summed E-state index contributed by atoms with van der Waals surface area (Å²) in [5.74, 6) is -0.0744. The molecular weight excluding hydrogens is 453 g/mol. The van der Waals surface area contributed by atoms with Gasteiger partial charge in [0.15, 0.2) is 9.84 Å². The maximum Gasteiger partial charge on any atom is 0.181 e. The first-order valence-corrected chi connectivity index (χ1v) is 13.1. The van der Waals surface area contributed by atoms with Gasteiger partial charge in [0.1, 0.15) is 16.5 Å². The number of aromatic nitrogens is 1. The summed E-state index contributed by atoms with van der Waals surface area (Å²) in [6.45, 7) is 5.95. The second-order valence-corrected chi connectivity index (χ2v) is 10.6.